The van der Waals surface area contributed by atoms with Gasteiger partial charge < -0.3 is 5.73 Å². The molecule has 1 unspecified atom stereocenters. The van der Waals surface area contributed by atoms with Crippen molar-refractivity contribution in [2.45, 2.75) is 30.7 Å². The molecule has 1 atom stereocenters. The van der Waals surface area contributed by atoms with Gasteiger partial charge in [-0.05, 0) is 42.8 Å². The molecular weight excluding hydrogens is 304 g/mol. The van der Waals surface area contributed by atoms with Crippen LogP contribution in [0.3, 0.4) is 0 Å². The normalized spacial score (nSPS) is 20.0. The number of benzene rings is 1. The standard InChI is InChI=1S/C15H18N2O2S2/c1-11-5-2-6-12(16)15(11)21(18,19)17-9-3-7-13(17)14-8-4-10-20-14/h2,4-6,8,10,13H,3,7,9,16H2,1H3. The Kier molecular flexibility index (Phi) is 3.77. The van der Waals surface area contributed by atoms with Crippen LogP contribution in [0.5, 0.6) is 0 Å². The molecule has 0 radical (unpaired) electrons. The van der Waals surface area contributed by atoms with Crippen molar-refractivity contribution in [3.63, 3.8) is 0 Å². The molecule has 2 heterocycles. The van der Waals surface area contributed by atoms with Gasteiger partial charge in [0.25, 0.3) is 0 Å². The van der Waals surface area contributed by atoms with Crippen LogP contribution in [0.15, 0.2) is 40.6 Å². The molecule has 0 amide bonds. The summed E-state index contributed by atoms with van der Waals surface area (Å²) in [5, 5.41) is 1.99. The van der Waals surface area contributed by atoms with E-state index in [1.807, 2.05) is 17.5 Å². The maximum absolute atomic E-state index is 13.0. The Labute approximate surface area is 129 Å². The van der Waals surface area contributed by atoms with Crippen LogP contribution in [-0.4, -0.2) is 19.3 Å². The summed E-state index contributed by atoms with van der Waals surface area (Å²) in [7, 11) is -3.56. The first-order chi connectivity index (χ1) is 10.0. The predicted molar refractivity (Wildman–Crippen MR) is 85.8 cm³/mol. The van der Waals surface area contributed by atoms with E-state index in [4.69, 9.17) is 5.73 Å². The summed E-state index contributed by atoms with van der Waals surface area (Å²) < 4.78 is 27.7. The van der Waals surface area contributed by atoms with E-state index < -0.39 is 10.0 Å². The third kappa shape index (κ3) is 2.47. The topological polar surface area (TPSA) is 63.4 Å². The molecule has 0 spiro atoms. The predicted octanol–water partition coefficient (Wildman–Crippen LogP) is 3.16. The van der Waals surface area contributed by atoms with Crippen LogP contribution in [0.2, 0.25) is 0 Å². The van der Waals surface area contributed by atoms with Gasteiger partial charge in [0.1, 0.15) is 4.90 Å². The van der Waals surface area contributed by atoms with Gasteiger partial charge in [0.15, 0.2) is 0 Å². The van der Waals surface area contributed by atoms with Gasteiger partial charge in [0.2, 0.25) is 10.0 Å². The van der Waals surface area contributed by atoms with Gasteiger partial charge in [-0.2, -0.15) is 4.31 Å². The Morgan fingerprint density at radius 2 is 2.10 bits per heavy atom. The summed E-state index contributed by atoms with van der Waals surface area (Å²) >= 11 is 1.61. The summed E-state index contributed by atoms with van der Waals surface area (Å²) in [6, 6.07) is 9.13. The largest absolute Gasteiger partial charge is 0.398 e. The molecule has 1 aliphatic heterocycles. The van der Waals surface area contributed by atoms with Gasteiger partial charge in [-0.1, -0.05) is 18.2 Å². The van der Waals surface area contributed by atoms with Crippen LogP contribution in [0.4, 0.5) is 5.69 Å². The smallest absolute Gasteiger partial charge is 0.245 e. The van der Waals surface area contributed by atoms with E-state index in [1.54, 1.807) is 40.8 Å². The average Bonchev–Trinajstić information content (AvgIpc) is 3.09. The fourth-order valence-electron chi connectivity index (χ4n) is 2.94. The van der Waals surface area contributed by atoms with Gasteiger partial charge >= 0.3 is 0 Å². The van der Waals surface area contributed by atoms with E-state index in [2.05, 4.69) is 0 Å². The highest BCUT2D eigenvalue weighted by Gasteiger charge is 2.38. The van der Waals surface area contributed by atoms with Gasteiger partial charge in [-0.25, -0.2) is 8.42 Å². The minimum absolute atomic E-state index is 0.0611. The number of anilines is 1. The first kappa shape index (κ1) is 14.6. The van der Waals surface area contributed by atoms with Crippen molar-refractivity contribution in [1.29, 1.82) is 0 Å². The van der Waals surface area contributed by atoms with E-state index in [0.29, 0.717) is 17.8 Å². The highest BCUT2D eigenvalue weighted by molar-refractivity contribution is 7.89. The van der Waals surface area contributed by atoms with Gasteiger partial charge in [-0.15, -0.1) is 11.3 Å². The zero-order chi connectivity index (χ0) is 15.0. The molecule has 3 rings (SSSR count). The van der Waals surface area contributed by atoms with Crippen molar-refractivity contribution in [3.05, 3.63) is 46.2 Å². The van der Waals surface area contributed by atoms with Crippen molar-refractivity contribution in [3.8, 4) is 0 Å². The minimum Gasteiger partial charge on any atom is -0.398 e. The Morgan fingerprint density at radius 1 is 1.29 bits per heavy atom. The Hall–Kier alpha value is -1.37. The molecule has 0 aliphatic carbocycles. The van der Waals surface area contributed by atoms with Crippen molar-refractivity contribution in [2.75, 3.05) is 12.3 Å². The highest BCUT2D eigenvalue weighted by atomic mass is 32.2. The Morgan fingerprint density at radius 3 is 2.76 bits per heavy atom. The third-order valence-electron chi connectivity index (χ3n) is 3.88. The molecule has 0 bridgehead atoms. The number of rotatable bonds is 3. The molecule has 0 saturated carbocycles. The number of nitrogens with zero attached hydrogens (tertiary/aromatic N) is 1. The van der Waals surface area contributed by atoms with Gasteiger partial charge in [0.05, 0.1) is 11.7 Å². The van der Waals surface area contributed by atoms with E-state index in [9.17, 15) is 8.42 Å². The van der Waals surface area contributed by atoms with Crippen LogP contribution in [0, 0.1) is 6.92 Å². The number of nitrogens with two attached hydrogens (primary N) is 1. The maximum Gasteiger partial charge on any atom is 0.245 e. The zero-order valence-corrected chi connectivity index (χ0v) is 13.5. The number of hydrogen-bond acceptors (Lipinski definition) is 4. The van der Waals surface area contributed by atoms with Crippen LogP contribution < -0.4 is 5.73 Å². The lowest BCUT2D eigenvalue weighted by molar-refractivity contribution is 0.401. The molecule has 4 nitrogen and oxygen atoms in total. The molecule has 112 valence electrons. The molecule has 1 aliphatic rings. The summed E-state index contributed by atoms with van der Waals surface area (Å²) in [4.78, 5) is 1.36. The second-order valence-corrected chi connectivity index (χ2v) is 8.09. The number of nitrogen functional groups attached to an aromatic ring is 1. The summed E-state index contributed by atoms with van der Waals surface area (Å²) in [5.74, 6) is 0. The van der Waals surface area contributed by atoms with E-state index in [-0.39, 0.29) is 10.9 Å². The lowest BCUT2D eigenvalue weighted by Crippen LogP contribution is -2.31. The fourth-order valence-corrected chi connectivity index (χ4v) is 5.88. The van der Waals surface area contributed by atoms with Crippen LogP contribution in [-0.2, 0) is 10.0 Å². The van der Waals surface area contributed by atoms with Crippen molar-refractivity contribution in [1.82, 2.24) is 4.31 Å². The lowest BCUT2D eigenvalue weighted by atomic mass is 10.2. The van der Waals surface area contributed by atoms with Crippen molar-refractivity contribution < 1.29 is 8.42 Å². The number of sulfonamides is 1. The summed E-state index contributed by atoms with van der Waals surface area (Å²) in [5.41, 5.74) is 6.96. The van der Waals surface area contributed by atoms with E-state index in [0.717, 1.165) is 17.7 Å². The minimum atomic E-state index is -3.56. The van der Waals surface area contributed by atoms with Gasteiger partial charge in [0, 0.05) is 11.4 Å². The van der Waals surface area contributed by atoms with Gasteiger partial charge in [-0.3, -0.25) is 0 Å². The Bertz CT molecular complexity index is 719. The molecule has 2 N–H and O–H groups in total. The molecule has 1 aromatic heterocycles. The second-order valence-electron chi connectivity index (χ2n) is 5.28. The lowest BCUT2D eigenvalue weighted by Gasteiger charge is -2.24. The summed E-state index contributed by atoms with van der Waals surface area (Å²) in [6.07, 6.45) is 1.75. The second kappa shape index (κ2) is 5.44. The van der Waals surface area contributed by atoms with E-state index in [1.165, 1.54) is 0 Å². The number of hydrogen-bond donors (Lipinski definition) is 1. The quantitative estimate of drug-likeness (QED) is 0.883. The van der Waals surface area contributed by atoms with Crippen LogP contribution in [0.25, 0.3) is 0 Å². The molecule has 1 saturated heterocycles. The third-order valence-corrected chi connectivity index (χ3v) is 6.99. The highest BCUT2D eigenvalue weighted by Crippen LogP contribution is 2.39. The van der Waals surface area contributed by atoms with Crippen molar-refractivity contribution >= 4 is 27.0 Å². The molecular formula is C15H18N2O2S2. The average molecular weight is 322 g/mol. The molecule has 2 aromatic rings. The van der Waals surface area contributed by atoms with Crippen LogP contribution in [0.1, 0.15) is 29.3 Å². The molecule has 1 fully saturated rings. The monoisotopic (exact) mass is 322 g/mol. The number of thiophene rings is 1. The summed E-state index contributed by atoms with van der Waals surface area (Å²) in [6.45, 7) is 2.35. The first-order valence-electron chi connectivity index (χ1n) is 6.92. The van der Waals surface area contributed by atoms with E-state index >= 15 is 0 Å². The van der Waals surface area contributed by atoms with Crippen molar-refractivity contribution in [2.24, 2.45) is 0 Å². The van der Waals surface area contributed by atoms with Crippen LogP contribution >= 0.6 is 11.3 Å². The molecule has 1 aromatic carbocycles. The number of aryl methyl sites for hydroxylation is 1. The zero-order valence-electron chi connectivity index (χ0n) is 11.8. The SMILES string of the molecule is Cc1cccc(N)c1S(=O)(=O)N1CCCC1c1cccs1. The molecule has 21 heavy (non-hydrogen) atoms. The Balaban J connectivity index is 2.06. The maximum atomic E-state index is 13.0. The fraction of sp³-hybridized carbons (Fsp3) is 0.333. The molecule has 6 heteroatoms. The first-order valence-corrected chi connectivity index (χ1v) is 9.24.